The van der Waals surface area contributed by atoms with Crippen LogP contribution in [0, 0.1) is 5.92 Å². The van der Waals surface area contributed by atoms with E-state index in [0.717, 1.165) is 37.6 Å². The van der Waals surface area contributed by atoms with E-state index >= 15 is 0 Å². The summed E-state index contributed by atoms with van der Waals surface area (Å²) in [4.78, 5) is 2.44. The molecule has 1 heterocycles. The number of hydrogen-bond acceptors (Lipinski definition) is 4. The molecule has 0 bridgehead atoms. The van der Waals surface area contributed by atoms with Crippen LogP contribution >= 0.6 is 0 Å². The number of nitrogens with zero attached hydrogens (tertiary/aromatic N) is 1. The Balaban J connectivity index is 2.22. The van der Waals surface area contributed by atoms with E-state index in [9.17, 15) is 0 Å². The molecule has 1 aromatic rings. The second-order valence-corrected chi connectivity index (χ2v) is 5.72. The first-order valence-electron chi connectivity index (χ1n) is 7.33. The molecule has 0 saturated carbocycles. The average molecular weight is 278 g/mol. The van der Waals surface area contributed by atoms with Crippen molar-refractivity contribution in [3.8, 4) is 11.5 Å². The zero-order valence-corrected chi connectivity index (χ0v) is 13.0. The highest BCUT2D eigenvalue weighted by atomic mass is 16.5. The molecular weight excluding hydrogens is 252 g/mol. The van der Waals surface area contributed by atoms with E-state index in [1.165, 1.54) is 5.69 Å². The number of anilines is 1. The second kappa shape index (κ2) is 6.84. The Morgan fingerprint density at radius 3 is 2.35 bits per heavy atom. The number of hydrogen-bond donors (Lipinski definition) is 1. The molecule has 1 N–H and O–H groups in total. The Hall–Kier alpha value is -1.42. The van der Waals surface area contributed by atoms with Crippen LogP contribution in [0.5, 0.6) is 11.5 Å². The van der Waals surface area contributed by atoms with E-state index in [-0.39, 0.29) is 0 Å². The third-order valence-corrected chi connectivity index (χ3v) is 3.88. The Kier molecular flexibility index (Phi) is 5.12. The molecular formula is C16H26N2O2. The minimum Gasteiger partial charge on any atom is -0.497 e. The summed E-state index contributed by atoms with van der Waals surface area (Å²) in [7, 11) is 3.39. The van der Waals surface area contributed by atoms with E-state index in [1.807, 2.05) is 6.07 Å². The van der Waals surface area contributed by atoms with Gasteiger partial charge in [0.1, 0.15) is 11.5 Å². The van der Waals surface area contributed by atoms with Crippen LogP contribution in [0.15, 0.2) is 18.2 Å². The maximum absolute atomic E-state index is 5.37. The fourth-order valence-electron chi connectivity index (χ4n) is 2.60. The molecule has 20 heavy (non-hydrogen) atoms. The summed E-state index contributed by atoms with van der Waals surface area (Å²) in [6, 6.07) is 6.66. The zero-order chi connectivity index (χ0) is 14.5. The molecule has 2 unspecified atom stereocenters. The van der Waals surface area contributed by atoms with Gasteiger partial charge in [0.25, 0.3) is 0 Å². The molecule has 0 spiro atoms. The van der Waals surface area contributed by atoms with E-state index in [2.05, 4.69) is 36.2 Å². The predicted octanol–water partition coefficient (Wildman–Crippen LogP) is 2.53. The molecule has 1 aliphatic rings. The predicted molar refractivity (Wildman–Crippen MR) is 83.0 cm³/mol. The average Bonchev–Trinajstić information content (AvgIpc) is 2.46. The lowest BCUT2D eigenvalue weighted by Crippen LogP contribution is -2.42. The van der Waals surface area contributed by atoms with Crippen LogP contribution in [0.2, 0.25) is 0 Å². The molecule has 0 aromatic heterocycles. The van der Waals surface area contributed by atoms with Gasteiger partial charge in [0, 0.05) is 43.0 Å². The van der Waals surface area contributed by atoms with E-state index in [0.29, 0.717) is 12.0 Å². The van der Waals surface area contributed by atoms with Crippen molar-refractivity contribution in [2.75, 3.05) is 38.8 Å². The van der Waals surface area contributed by atoms with Crippen LogP contribution in [0.1, 0.15) is 20.3 Å². The first-order valence-corrected chi connectivity index (χ1v) is 7.33. The van der Waals surface area contributed by atoms with Gasteiger partial charge in [-0.05, 0) is 25.8 Å². The van der Waals surface area contributed by atoms with Gasteiger partial charge in [0.15, 0.2) is 0 Å². The quantitative estimate of drug-likeness (QED) is 0.921. The maximum atomic E-state index is 5.37. The van der Waals surface area contributed by atoms with E-state index in [1.54, 1.807) is 14.2 Å². The highest BCUT2D eigenvalue weighted by molar-refractivity contribution is 5.55. The van der Waals surface area contributed by atoms with Crippen molar-refractivity contribution in [1.29, 1.82) is 0 Å². The Morgan fingerprint density at radius 2 is 1.75 bits per heavy atom. The van der Waals surface area contributed by atoms with Gasteiger partial charge < -0.3 is 19.7 Å². The van der Waals surface area contributed by atoms with Crippen LogP contribution in [0.4, 0.5) is 5.69 Å². The molecule has 4 nitrogen and oxygen atoms in total. The third-order valence-electron chi connectivity index (χ3n) is 3.88. The highest BCUT2D eigenvalue weighted by Crippen LogP contribution is 2.29. The molecule has 1 aromatic carbocycles. The first kappa shape index (κ1) is 15.0. The Morgan fingerprint density at radius 1 is 1.10 bits per heavy atom. The van der Waals surface area contributed by atoms with Gasteiger partial charge in [0.2, 0.25) is 0 Å². The van der Waals surface area contributed by atoms with Gasteiger partial charge in [0.05, 0.1) is 14.2 Å². The van der Waals surface area contributed by atoms with Crippen LogP contribution in [-0.4, -0.2) is 39.9 Å². The highest BCUT2D eigenvalue weighted by Gasteiger charge is 2.18. The summed E-state index contributed by atoms with van der Waals surface area (Å²) in [5, 5.41) is 3.58. The Labute approximate surface area is 122 Å². The minimum absolute atomic E-state index is 0.563. The van der Waals surface area contributed by atoms with Gasteiger partial charge >= 0.3 is 0 Å². The van der Waals surface area contributed by atoms with Crippen molar-refractivity contribution in [3.05, 3.63) is 18.2 Å². The van der Waals surface area contributed by atoms with Crippen molar-refractivity contribution in [2.45, 2.75) is 26.3 Å². The standard InChI is InChI=1S/C16H26N2O2/c1-12-10-17-13(2)5-6-18(11-12)14-7-15(19-3)9-16(8-14)20-4/h7-9,12-13,17H,5-6,10-11H2,1-4H3. The fraction of sp³-hybridized carbons (Fsp3) is 0.625. The van der Waals surface area contributed by atoms with Crippen LogP contribution < -0.4 is 19.7 Å². The van der Waals surface area contributed by atoms with Crippen LogP contribution in [0.25, 0.3) is 0 Å². The zero-order valence-electron chi connectivity index (χ0n) is 13.0. The van der Waals surface area contributed by atoms with Crippen molar-refractivity contribution in [2.24, 2.45) is 5.92 Å². The topological polar surface area (TPSA) is 33.7 Å². The molecule has 1 aliphatic heterocycles. The van der Waals surface area contributed by atoms with Crippen molar-refractivity contribution in [1.82, 2.24) is 5.32 Å². The van der Waals surface area contributed by atoms with E-state index in [4.69, 9.17) is 9.47 Å². The van der Waals surface area contributed by atoms with Crippen LogP contribution in [0.3, 0.4) is 0 Å². The summed E-state index contributed by atoms with van der Waals surface area (Å²) in [5.41, 5.74) is 1.18. The molecule has 0 aliphatic carbocycles. The normalized spacial score (nSPS) is 23.9. The fourth-order valence-corrected chi connectivity index (χ4v) is 2.60. The minimum atomic E-state index is 0.563. The van der Waals surface area contributed by atoms with Gasteiger partial charge in [-0.25, -0.2) is 0 Å². The number of ether oxygens (including phenoxy) is 2. The lowest BCUT2D eigenvalue weighted by molar-refractivity contribution is 0.391. The number of nitrogens with one attached hydrogen (secondary N) is 1. The molecule has 112 valence electrons. The number of rotatable bonds is 3. The van der Waals surface area contributed by atoms with Crippen molar-refractivity contribution < 1.29 is 9.47 Å². The van der Waals surface area contributed by atoms with E-state index < -0.39 is 0 Å². The monoisotopic (exact) mass is 278 g/mol. The number of methoxy groups -OCH3 is 2. The molecule has 2 rings (SSSR count). The van der Waals surface area contributed by atoms with Gasteiger partial charge in [-0.1, -0.05) is 6.92 Å². The summed E-state index contributed by atoms with van der Waals surface area (Å²) in [6.45, 7) is 7.71. The SMILES string of the molecule is COc1cc(OC)cc(N2CCC(C)NCC(C)C2)c1. The summed E-state index contributed by atoms with van der Waals surface area (Å²) in [6.07, 6.45) is 1.15. The lowest BCUT2D eigenvalue weighted by Gasteiger charge is -2.33. The molecule has 1 fully saturated rings. The largest absolute Gasteiger partial charge is 0.497 e. The maximum Gasteiger partial charge on any atom is 0.124 e. The summed E-state index contributed by atoms with van der Waals surface area (Å²) in [5.74, 6) is 2.32. The first-order chi connectivity index (χ1) is 9.62. The summed E-state index contributed by atoms with van der Waals surface area (Å²) >= 11 is 0. The molecule has 4 heteroatoms. The van der Waals surface area contributed by atoms with Crippen molar-refractivity contribution in [3.63, 3.8) is 0 Å². The molecule has 0 radical (unpaired) electrons. The summed E-state index contributed by atoms with van der Waals surface area (Å²) < 4.78 is 10.7. The third kappa shape index (κ3) is 3.79. The smallest absolute Gasteiger partial charge is 0.124 e. The number of benzene rings is 1. The van der Waals surface area contributed by atoms with Gasteiger partial charge in [-0.15, -0.1) is 0 Å². The van der Waals surface area contributed by atoms with Gasteiger partial charge in [-0.3, -0.25) is 0 Å². The lowest BCUT2D eigenvalue weighted by atomic mass is 10.1. The molecule has 2 atom stereocenters. The van der Waals surface area contributed by atoms with Gasteiger partial charge in [-0.2, -0.15) is 0 Å². The molecule has 1 saturated heterocycles. The second-order valence-electron chi connectivity index (χ2n) is 5.72. The Bertz CT molecular complexity index is 414. The molecule has 0 amide bonds. The van der Waals surface area contributed by atoms with Crippen LogP contribution in [-0.2, 0) is 0 Å². The van der Waals surface area contributed by atoms with Crippen molar-refractivity contribution >= 4 is 5.69 Å².